The summed E-state index contributed by atoms with van der Waals surface area (Å²) in [7, 11) is 0. The van der Waals surface area contributed by atoms with Crippen molar-refractivity contribution in [3.63, 3.8) is 0 Å². The molecular weight excluding hydrogens is 272 g/mol. The van der Waals surface area contributed by atoms with Gasteiger partial charge in [-0.25, -0.2) is 0 Å². The third-order valence-electron chi connectivity index (χ3n) is 3.99. The van der Waals surface area contributed by atoms with E-state index in [0.717, 1.165) is 22.7 Å². The molecule has 1 saturated carbocycles. The highest BCUT2D eigenvalue weighted by molar-refractivity contribution is 7.05. The van der Waals surface area contributed by atoms with Crippen LogP contribution in [-0.2, 0) is 12.8 Å². The van der Waals surface area contributed by atoms with Crippen LogP contribution < -0.4 is 0 Å². The molecule has 1 unspecified atom stereocenters. The minimum atomic E-state index is -0.545. The van der Waals surface area contributed by atoms with Gasteiger partial charge in [-0.1, -0.05) is 24.3 Å². The van der Waals surface area contributed by atoms with Crippen molar-refractivity contribution in [1.29, 1.82) is 0 Å². The van der Waals surface area contributed by atoms with Crippen molar-refractivity contribution in [3.8, 4) is 0 Å². The minimum Gasteiger partial charge on any atom is -0.387 e. The Labute approximate surface area is 122 Å². The summed E-state index contributed by atoms with van der Waals surface area (Å²) in [6.07, 6.45) is 7.89. The molecule has 5 nitrogen and oxygen atoms in total. The van der Waals surface area contributed by atoms with E-state index in [-0.39, 0.29) is 0 Å². The van der Waals surface area contributed by atoms with E-state index in [9.17, 15) is 5.11 Å². The molecule has 6 heteroatoms. The van der Waals surface area contributed by atoms with Gasteiger partial charge in [0.15, 0.2) is 0 Å². The molecule has 1 aliphatic carbocycles. The van der Waals surface area contributed by atoms with Crippen molar-refractivity contribution >= 4 is 11.5 Å². The standard InChI is InChI=1S/C14H20N4OS/c1-2-12-14(20-17-15-12)13(19)9-10-7-8-18(16-10)11-5-3-4-6-11/h7-8,11,13,19H,2-6,9H2,1H3. The number of nitrogens with zero attached hydrogens (tertiary/aromatic N) is 4. The van der Waals surface area contributed by atoms with Crippen LogP contribution in [0.15, 0.2) is 12.3 Å². The van der Waals surface area contributed by atoms with Gasteiger partial charge < -0.3 is 5.11 Å². The molecule has 1 fully saturated rings. The summed E-state index contributed by atoms with van der Waals surface area (Å²) >= 11 is 1.29. The minimum absolute atomic E-state index is 0.538. The van der Waals surface area contributed by atoms with E-state index < -0.39 is 6.10 Å². The van der Waals surface area contributed by atoms with E-state index in [1.165, 1.54) is 37.2 Å². The van der Waals surface area contributed by atoms with E-state index in [2.05, 4.69) is 19.4 Å². The molecule has 1 atom stereocenters. The molecule has 1 aliphatic rings. The maximum absolute atomic E-state index is 10.3. The Hall–Kier alpha value is -1.27. The van der Waals surface area contributed by atoms with Gasteiger partial charge in [-0.15, -0.1) is 5.10 Å². The number of aliphatic hydroxyl groups is 1. The predicted octanol–water partition coefficient (Wildman–Crippen LogP) is 2.69. The van der Waals surface area contributed by atoms with Gasteiger partial charge in [0.1, 0.15) is 0 Å². The highest BCUT2D eigenvalue weighted by Gasteiger charge is 2.20. The molecule has 2 heterocycles. The quantitative estimate of drug-likeness (QED) is 0.920. The van der Waals surface area contributed by atoms with Gasteiger partial charge in [-0.05, 0) is 36.9 Å². The Morgan fingerprint density at radius 1 is 1.45 bits per heavy atom. The smallest absolute Gasteiger partial charge is 0.0973 e. The largest absolute Gasteiger partial charge is 0.387 e. The first-order valence-electron chi connectivity index (χ1n) is 7.31. The summed E-state index contributed by atoms with van der Waals surface area (Å²) in [6.45, 7) is 2.03. The summed E-state index contributed by atoms with van der Waals surface area (Å²) in [5.41, 5.74) is 1.84. The number of aryl methyl sites for hydroxylation is 1. The van der Waals surface area contributed by atoms with E-state index in [1.54, 1.807) is 0 Å². The van der Waals surface area contributed by atoms with Crippen molar-refractivity contribution < 1.29 is 5.11 Å². The average Bonchev–Trinajstić information content (AvgIpc) is 3.19. The van der Waals surface area contributed by atoms with Crippen LogP contribution in [0.2, 0.25) is 0 Å². The topological polar surface area (TPSA) is 63.8 Å². The van der Waals surface area contributed by atoms with Gasteiger partial charge in [0.2, 0.25) is 0 Å². The van der Waals surface area contributed by atoms with Crippen molar-refractivity contribution in [3.05, 3.63) is 28.5 Å². The van der Waals surface area contributed by atoms with Crippen LogP contribution in [0.5, 0.6) is 0 Å². The van der Waals surface area contributed by atoms with Crippen molar-refractivity contribution in [2.45, 2.75) is 57.6 Å². The zero-order valence-corrected chi connectivity index (χ0v) is 12.5. The van der Waals surface area contributed by atoms with E-state index in [0.29, 0.717) is 12.5 Å². The molecule has 108 valence electrons. The second-order valence-electron chi connectivity index (χ2n) is 5.38. The second kappa shape index (κ2) is 6.01. The molecule has 0 amide bonds. The van der Waals surface area contributed by atoms with E-state index >= 15 is 0 Å². The van der Waals surface area contributed by atoms with Gasteiger partial charge in [0, 0.05) is 12.6 Å². The fraction of sp³-hybridized carbons (Fsp3) is 0.643. The summed E-state index contributed by atoms with van der Waals surface area (Å²) < 4.78 is 6.00. The Bertz CT molecular complexity index is 559. The van der Waals surface area contributed by atoms with Gasteiger partial charge in [-0.3, -0.25) is 4.68 Å². The monoisotopic (exact) mass is 292 g/mol. The van der Waals surface area contributed by atoms with Crippen LogP contribution in [0.1, 0.15) is 61.0 Å². The Morgan fingerprint density at radius 2 is 2.25 bits per heavy atom. The lowest BCUT2D eigenvalue weighted by Crippen LogP contribution is -2.07. The number of aliphatic hydroxyl groups excluding tert-OH is 1. The Balaban J connectivity index is 1.68. The van der Waals surface area contributed by atoms with Gasteiger partial charge in [-0.2, -0.15) is 5.10 Å². The third-order valence-corrected chi connectivity index (χ3v) is 4.86. The molecule has 0 saturated heterocycles. The van der Waals surface area contributed by atoms with Crippen LogP contribution in [-0.4, -0.2) is 24.5 Å². The first kappa shape index (κ1) is 13.7. The fourth-order valence-electron chi connectivity index (χ4n) is 2.86. The van der Waals surface area contributed by atoms with Crippen LogP contribution in [0, 0.1) is 0 Å². The third kappa shape index (κ3) is 2.76. The maximum Gasteiger partial charge on any atom is 0.0973 e. The first-order valence-corrected chi connectivity index (χ1v) is 8.08. The van der Waals surface area contributed by atoms with E-state index in [1.807, 2.05) is 19.2 Å². The molecule has 20 heavy (non-hydrogen) atoms. The van der Waals surface area contributed by atoms with Gasteiger partial charge in [0.25, 0.3) is 0 Å². The molecule has 0 aliphatic heterocycles. The predicted molar refractivity (Wildman–Crippen MR) is 77.7 cm³/mol. The number of rotatable bonds is 5. The van der Waals surface area contributed by atoms with Crippen molar-refractivity contribution in [2.24, 2.45) is 0 Å². The number of aromatic nitrogens is 4. The summed E-state index contributed by atoms with van der Waals surface area (Å²) in [5, 5.41) is 19.0. The molecule has 0 spiro atoms. The van der Waals surface area contributed by atoms with Gasteiger partial charge >= 0.3 is 0 Å². The fourth-order valence-corrected chi connectivity index (χ4v) is 3.59. The molecule has 1 N–H and O–H groups in total. The van der Waals surface area contributed by atoms with Crippen LogP contribution in [0.25, 0.3) is 0 Å². The normalized spacial score (nSPS) is 17.7. The molecule has 3 rings (SSSR count). The molecule has 2 aromatic heterocycles. The number of hydrogen-bond donors (Lipinski definition) is 1. The lowest BCUT2D eigenvalue weighted by molar-refractivity contribution is 0.179. The highest BCUT2D eigenvalue weighted by Crippen LogP contribution is 2.29. The summed E-state index contributed by atoms with van der Waals surface area (Å²) in [5.74, 6) is 0. The highest BCUT2D eigenvalue weighted by atomic mass is 32.1. The molecule has 0 bridgehead atoms. The Morgan fingerprint density at radius 3 is 3.00 bits per heavy atom. The lowest BCUT2D eigenvalue weighted by Gasteiger charge is -2.10. The second-order valence-corrected chi connectivity index (χ2v) is 6.17. The van der Waals surface area contributed by atoms with Gasteiger partial charge in [0.05, 0.1) is 28.4 Å². The van der Waals surface area contributed by atoms with Crippen LogP contribution in [0.3, 0.4) is 0 Å². The lowest BCUT2D eigenvalue weighted by atomic mass is 10.1. The maximum atomic E-state index is 10.3. The number of hydrogen-bond acceptors (Lipinski definition) is 5. The SMILES string of the molecule is CCc1nnsc1C(O)Cc1ccn(C2CCCC2)n1. The van der Waals surface area contributed by atoms with E-state index in [4.69, 9.17) is 0 Å². The zero-order valence-electron chi connectivity index (χ0n) is 11.7. The molecule has 2 aromatic rings. The van der Waals surface area contributed by atoms with Crippen molar-refractivity contribution in [2.75, 3.05) is 0 Å². The summed E-state index contributed by atoms with van der Waals surface area (Å²) in [6, 6.07) is 2.57. The van der Waals surface area contributed by atoms with Crippen LogP contribution in [0.4, 0.5) is 0 Å². The zero-order chi connectivity index (χ0) is 13.9. The Kier molecular flexibility index (Phi) is 4.12. The summed E-state index contributed by atoms with van der Waals surface area (Å²) in [4.78, 5) is 0.878. The average molecular weight is 292 g/mol. The molecule has 0 radical (unpaired) electrons. The first-order chi connectivity index (χ1) is 9.78. The molecular formula is C14H20N4OS. The van der Waals surface area contributed by atoms with Crippen LogP contribution >= 0.6 is 11.5 Å². The molecule has 0 aromatic carbocycles. The van der Waals surface area contributed by atoms with Crippen molar-refractivity contribution in [1.82, 2.24) is 19.4 Å².